The number of amidine groups is 1. The highest BCUT2D eigenvalue weighted by Gasteiger charge is 2.35. The molecule has 1 saturated heterocycles. The average molecular weight is 407 g/mol. The van der Waals surface area contributed by atoms with Gasteiger partial charge in [-0.25, -0.2) is 4.99 Å². The second-order valence-electron chi connectivity index (χ2n) is 6.50. The van der Waals surface area contributed by atoms with Crippen LogP contribution in [0.25, 0.3) is 5.69 Å². The molecule has 8 heteroatoms. The van der Waals surface area contributed by atoms with Gasteiger partial charge < -0.3 is 4.74 Å². The largest absolute Gasteiger partial charge is 0.497 e. The van der Waals surface area contributed by atoms with Crippen LogP contribution in [-0.2, 0) is 0 Å². The molecule has 0 saturated carbocycles. The number of para-hydroxylation sites is 1. The highest BCUT2D eigenvalue weighted by molar-refractivity contribution is 8.14. The molecule has 7 nitrogen and oxygen atoms in total. The summed E-state index contributed by atoms with van der Waals surface area (Å²) in [7, 11) is 1.63. The molecular formula is C21H21N5O2S. The molecule has 3 aromatic rings. The van der Waals surface area contributed by atoms with Crippen molar-refractivity contribution < 1.29 is 9.53 Å². The van der Waals surface area contributed by atoms with Gasteiger partial charge in [-0.1, -0.05) is 36.9 Å². The van der Waals surface area contributed by atoms with Crippen LogP contribution in [0, 0.1) is 0 Å². The number of ether oxygens (including phenoxy) is 1. The average Bonchev–Trinajstić information content (AvgIpc) is 3.42. The Kier molecular flexibility index (Phi) is 5.62. The van der Waals surface area contributed by atoms with E-state index in [2.05, 4.69) is 17.1 Å². The lowest BCUT2D eigenvalue weighted by molar-refractivity contribution is 0.0813. The summed E-state index contributed by atoms with van der Waals surface area (Å²) in [6.45, 7) is 2.07. The van der Waals surface area contributed by atoms with Crippen molar-refractivity contribution in [1.82, 2.24) is 19.9 Å². The first-order valence-corrected chi connectivity index (χ1v) is 10.3. The number of amides is 1. The van der Waals surface area contributed by atoms with Crippen molar-refractivity contribution >= 4 is 28.5 Å². The fraction of sp³-hybridized carbons (Fsp3) is 0.238. The summed E-state index contributed by atoms with van der Waals surface area (Å²) in [5, 5.41) is 9.33. The van der Waals surface area contributed by atoms with E-state index in [9.17, 15) is 4.79 Å². The normalized spacial score (nSPS) is 17.7. The van der Waals surface area contributed by atoms with Gasteiger partial charge in [0, 0.05) is 11.8 Å². The van der Waals surface area contributed by atoms with E-state index in [0.29, 0.717) is 10.9 Å². The number of benzene rings is 2. The van der Waals surface area contributed by atoms with Crippen molar-refractivity contribution in [2.45, 2.75) is 19.4 Å². The van der Waals surface area contributed by atoms with E-state index < -0.39 is 0 Å². The van der Waals surface area contributed by atoms with Crippen LogP contribution in [0.1, 0.15) is 23.8 Å². The van der Waals surface area contributed by atoms with Gasteiger partial charge in [0.1, 0.15) is 5.75 Å². The number of methoxy groups -OCH3 is 1. The number of thioether (sulfide) groups is 1. The molecule has 4 rings (SSSR count). The maximum absolute atomic E-state index is 13.3. The summed E-state index contributed by atoms with van der Waals surface area (Å²) in [6, 6.07) is 17.1. The van der Waals surface area contributed by atoms with Crippen LogP contribution in [0.15, 0.2) is 65.8 Å². The van der Waals surface area contributed by atoms with E-state index in [1.165, 1.54) is 11.0 Å². The number of aromatic nitrogens is 3. The van der Waals surface area contributed by atoms with Crippen LogP contribution in [0.2, 0.25) is 0 Å². The molecule has 0 bridgehead atoms. The van der Waals surface area contributed by atoms with Crippen LogP contribution < -0.4 is 4.74 Å². The minimum Gasteiger partial charge on any atom is -0.497 e. The molecule has 0 spiro atoms. The molecule has 1 atom stereocenters. The van der Waals surface area contributed by atoms with E-state index in [1.807, 2.05) is 54.6 Å². The van der Waals surface area contributed by atoms with Gasteiger partial charge >= 0.3 is 0 Å². The molecule has 2 aromatic carbocycles. The van der Waals surface area contributed by atoms with Crippen molar-refractivity contribution in [2.75, 3.05) is 12.9 Å². The van der Waals surface area contributed by atoms with Crippen LogP contribution >= 0.6 is 11.8 Å². The summed E-state index contributed by atoms with van der Waals surface area (Å²) < 4.78 is 5.19. The monoisotopic (exact) mass is 407 g/mol. The first-order chi connectivity index (χ1) is 14.2. The van der Waals surface area contributed by atoms with Crippen molar-refractivity contribution in [1.29, 1.82) is 0 Å². The third-order valence-electron chi connectivity index (χ3n) is 4.66. The lowest BCUT2D eigenvalue weighted by atomic mass is 10.2. The zero-order valence-corrected chi connectivity index (χ0v) is 17.0. The molecule has 1 aliphatic heterocycles. The number of carbonyl (C=O) groups excluding carboxylic acids is 1. The third-order valence-corrected chi connectivity index (χ3v) is 5.76. The molecule has 148 valence electrons. The van der Waals surface area contributed by atoms with E-state index in [4.69, 9.17) is 9.73 Å². The van der Waals surface area contributed by atoms with Crippen LogP contribution in [0.3, 0.4) is 0 Å². The quantitative estimate of drug-likeness (QED) is 0.641. The molecule has 1 aromatic heterocycles. The lowest BCUT2D eigenvalue weighted by Crippen LogP contribution is -2.39. The molecule has 29 heavy (non-hydrogen) atoms. The van der Waals surface area contributed by atoms with Crippen LogP contribution in [0.4, 0.5) is 5.69 Å². The number of rotatable bonds is 5. The molecule has 0 radical (unpaired) electrons. The number of carbonyl (C=O) groups is 1. The highest BCUT2D eigenvalue weighted by atomic mass is 32.2. The molecular weight excluding hydrogens is 386 g/mol. The van der Waals surface area contributed by atoms with Crippen molar-refractivity contribution in [3.8, 4) is 11.4 Å². The van der Waals surface area contributed by atoms with E-state index in [1.54, 1.807) is 23.8 Å². The van der Waals surface area contributed by atoms with Crippen molar-refractivity contribution in [2.24, 2.45) is 4.99 Å². The Morgan fingerprint density at radius 3 is 2.66 bits per heavy atom. The molecule has 1 aliphatic rings. The second kappa shape index (κ2) is 8.48. The Labute approximate surface area is 173 Å². The maximum atomic E-state index is 13.3. The predicted molar refractivity (Wildman–Crippen MR) is 114 cm³/mol. The molecule has 2 heterocycles. The maximum Gasteiger partial charge on any atom is 0.282 e. The summed E-state index contributed by atoms with van der Waals surface area (Å²) in [4.78, 5) is 21.2. The molecule has 1 unspecified atom stereocenters. The number of hydrogen-bond donors (Lipinski definition) is 0. The lowest BCUT2D eigenvalue weighted by Gasteiger charge is -2.21. The minimum atomic E-state index is -0.184. The fourth-order valence-electron chi connectivity index (χ4n) is 3.05. The van der Waals surface area contributed by atoms with Gasteiger partial charge in [0.05, 0.1) is 24.7 Å². The number of nitrogens with zero attached hydrogens (tertiary/aromatic N) is 5. The number of hydrogen-bond acceptors (Lipinski definition) is 6. The van der Waals surface area contributed by atoms with E-state index in [0.717, 1.165) is 29.3 Å². The summed E-state index contributed by atoms with van der Waals surface area (Å²) in [5.41, 5.74) is 1.88. The molecule has 1 amide bonds. The zero-order chi connectivity index (χ0) is 20.2. The standard InChI is InChI=1S/C21H21N5O2S/c1-3-16-14-29-21(23-15-9-11-18(28-2)12-10-15)25(16)20(27)19-13-22-26(24-19)17-7-5-4-6-8-17/h4-13,16H,3,14H2,1-2H3. The van der Waals surface area contributed by atoms with Gasteiger partial charge in [0.15, 0.2) is 10.9 Å². The molecule has 1 fully saturated rings. The minimum absolute atomic E-state index is 0.0753. The molecule has 0 N–H and O–H groups in total. The van der Waals surface area contributed by atoms with Gasteiger partial charge in [-0.3, -0.25) is 9.69 Å². The summed E-state index contributed by atoms with van der Waals surface area (Å²) in [6.07, 6.45) is 2.35. The predicted octanol–water partition coefficient (Wildman–Crippen LogP) is 3.93. The Hall–Kier alpha value is -3.13. The third kappa shape index (κ3) is 4.02. The molecule has 0 aliphatic carbocycles. The Bertz CT molecular complexity index is 1020. The van der Waals surface area contributed by atoms with Gasteiger partial charge in [0.2, 0.25) is 0 Å². The number of aliphatic imine (C=N–C) groups is 1. The Morgan fingerprint density at radius 2 is 1.97 bits per heavy atom. The zero-order valence-electron chi connectivity index (χ0n) is 16.2. The first-order valence-electron chi connectivity index (χ1n) is 9.36. The van der Waals surface area contributed by atoms with Gasteiger partial charge in [0.25, 0.3) is 5.91 Å². The Morgan fingerprint density at radius 1 is 1.21 bits per heavy atom. The topological polar surface area (TPSA) is 72.6 Å². The second-order valence-corrected chi connectivity index (χ2v) is 7.48. The van der Waals surface area contributed by atoms with Crippen LogP contribution in [-0.4, -0.2) is 49.9 Å². The van der Waals surface area contributed by atoms with Crippen LogP contribution in [0.5, 0.6) is 5.75 Å². The van der Waals surface area contributed by atoms with Crippen molar-refractivity contribution in [3.05, 3.63) is 66.5 Å². The highest BCUT2D eigenvalue weighted by Crippen LogP contribution is 2.30. The first kappa shape index (κ1) is 19.2. The summed E-state index contributed by atoms with van der Waals surface area (Å²) in [5.74, 6) is 1.39. The van der Waals surface area contributed by atoms with Gasteiger partial charge in [-0.05, 0) is 42.8 Å². The van der Waals surface area contributed by atoms with Crippen molar-refractivity contribution in [3.63, 3.8) is 0 Å². The summed E-state index contributed by atoms with van der Waals surface area (Å²) >= 11 is 1.58. The Balaban J connectivity index is 1.62. The van der Waals surface area contributed by atoms with Gasteiger partial charge in [-0.15, -0.1) is 5.10 Å². The van der Waals surface area contributed by atoms with E-state index >= 15 is 0 Å². The van der Waals surface area contributed by atoms with Gasteiger partial charge in [-0.2, -0.15) is 9.90 Å². The van der Waals surface area contributed by atoms with E-state index in [-0.39, 0.29) is 11.9 Å². The fourth-order valence-corrected chi connectivity index (χ4v) is 4.31. The SMILES string of the molecule is CCC1CSC(=Nc2ccc(OC)cc2)N1C(=O)c1cnn(-c2ccccc2)n1. The smallest absolute Gasteiger partial charge is 0.282 e.